The molecule has 2 heteroatoms. The smallest absolute Gasteiger partial charge is 0.124 e. The summed E-state index contributed by atoms with van der Waals surface area (Å²) >= 11 is 0. The molecule has 2 unspecified atom stereocenters. The van der Waals surface area contributed by atoms with Crippen LogP contribution in [-0.2, 0) is 0 Å². The van der Waals surface area contributed by atoms with E-state index < -0.39 is 0 Å². The van der Waals surface area contributed by atoms with Crippen molar-refractivity contribution in [3.63, 3.8) is 0 Å². The maximum absolute atomic E-state index is 5.88. The van der Waals surface area contributed by atoms with Gasteiger partial charge in [-0.1, -0.05) is 71.6 Å². The van der Waals surface area contributed by atoms with Gasteiger partial charge in [-0.15, -0.1) is 0 Å². The molecule has 1 saturated heterocycles. The van der Waals surface area contributed by atoms with Gasteiger partial charge in [-0.2, -0.15) is 0 Å². The van der Waals surface area contributed by atoms with E-state index in [4.69, 9.17) is 4.74 Å². The van der Waals surface area contributed by atoms with Crippen molar-refractivity contribution in [1.29, 1.82) is 0 Å². The van der Waals surface area contributed by atoms with Crippen molar-refractivity contribution >= 4 is 0 Å². The molecule has 1 aromatic carbocycles. The van der Waals surface area contributed by atoms with E-state index in [0.717, 1.165) is 24.2 Å². The van der Waals surface area contributed by atoms with Crippen molar-refractivity contribution in [3.05, 3.63) is 29.8 Å². The van der Waals surface area contributed by atoms with Crippen molar-refractivity contribution in [2.45, 2.75) is 86.1 Å². The van der Waals surface area contributed by atoms with Crippen LogP contribution >= 0.6 is 0 Å². The van der Waals surface area contributed by atoms with Crippen molar-refractivity contribution in [2.24, 2.45) is 11.8 Å². The second-order valence-corrected chi connectivity index (χ2v) is 7.78. The van der Waals surface area contributed by atoms with Crippen LogP contribution in [0, 0.1) is 11.8 Å². The molecular formula is C24H43NO. The van der Waals surface area contributed by atoms with Gasteiger partial charge in [0.1, 0.15) is 5.75 Å². The molecule has 0 saturated carbocycles. The summed E-state index contributed by atoms with van der Waals surface area (Å²) in [4.78, 5) is 2.69. The Morgan fingerprint density at radius 1 is 1.00 bits per heavy atom. The van der Waals surface area contributed by atoms with Gasteiger partial charge in [0.15, 0.2) is 0 Å². The largest absolute Gasteiger partial charge is 0.494 e. The molecule has 0 spiro atoms. The summed E-state index contributed by atoms with van der Waals surface area (Å²) in [5, 5.41) is 0. The van der Waals surface area contributed by atoms with Gasteiger partial charge in [0, 0.05) is 18.2 Å². The van der Waals surface area contributed by atoms with Crippen LogP contribution in [0.5, 0.6) is 5.75 Å². The van der Waals surface area contributed by atoms with Gasteiger partial charge >= 0.3 is 0 Å². The van der Waals surface area contributed by atoms with E-state index in [-0.39, 0.29) is 0 Å². The highest BCUT2D eigenvalue weighted by atomic mass is 16.5. The van der Waals surface area contributed by atoms with Gasteiger partial charge in [0.2, 0.25) is 0 Å². The molecule has 0 aliphatic carbocycles. The normalized spacial score (nSPS) is 23.9. The first-order valence-corrected chi connectivity index (χ1v) is 11.1. The molecule has 1 aliphatic heterocycles. The van der Waals surface area contributed by atoms with Crippen molar-refractivity contribution in [1.82, 2.24) is 4.90 Å². The van der Waals surface area contributed by atoms with Crippen molar-refractivity contribution in [3.8, 4) is 5.75 Å². The molecule has 2 rings (SSSR count). The maximum Gasteiger partial charge on any atom is 0.124 e. The topological polar surface area (TPSA) is 12.5 Å². The van der Waals surface area contributed by atoms with Crippen LogP contribution in [0.4, 0.5) is 0 Å². The number of rotatable bonds is 4. The number of para-hydroxylation sites is 1. The third-order valence-corrected chi connectivity index (χ3v) is 5.56. The van der Waals surface area contributed by atoms with E-state index in [1.54, 1.807) is 0 Å². The SMILES string of the molecule is CC.CCOc1ccccc1C(C)N1CCCCCC(C)CC[C@H](C)C1. The second-order valence-electron chi connectivity index (χ2n) is 7.78. The van der Waals surface area contributed by atoms with E-state index in [1.807, 2.05) is 13.8 Å². The maximum atomic E-state index is 5.88. The lowest BCUT2D eigenvalue weighted by molar-refractivity contribution is 0.171. The minimum Gasteiger partial charge on any atom is -0.494 e. The van der Waals surface area contributed by atoms with E-state index in [0.29, 0.717) is 6.04 Å². The number of benzene rings is 1. The lowest BCUT2D eigenvalue weighted by atomic mass is 9.94. The molecule has 0 amide bonds. The zero-order chi connectivity index (χ0) is 19.4. The van der Waals surface area contributed by atoms with E-state index in [1.165, 1.54) is 57.2 Å². The quantitative estimate of drug-likeness (QED) is 0.567. The predicted molar refractivity (Wildman–Crippen MR) is 115 cm³/mol. The summed E-state index contributed by atoms with van der Waals surface area (Å²) in [6, 6.07) is 9.01. The lowest BCUT2D eigenvalue weighted by Gasteiger charge is -2.32. The fourth-order valence-electron chi connectivity index (χ4n) is 3.94. The summed E-state index contributed by atoms with van der Waals surface area (Å²) < 4.78 is 5.88. The standard InChI is InChI=1S/C22H37NO.C2H6/c1-5-24-22-13-9-8-12-21(22)20(4)23-16-10-6-7-11-18(2)14-15-19(3)17-23;1-2/h8-9,12-13,18-20H,5-7,10-11,14-17H2,1-4H3;1-2H3/t18?,19-,20?;/m0./s1. The highest BCUT2D eigenvalue weighted by molar-refractivity contribution is 5.35. The average molecular weight is 362 g/mol. The van der Waals surface area contributed by atoms with Crippen LogP contribution in [-0.4, -0.2) is 24.6 Å². The summed E-state index contributed by atoms with van der Waals surface area (Å²) in [5.41, 5.74) is 1.34. The Hall–Kier alpha value is -1.02. The van der Waals surface area contributed by atoms with Gasteiger partial charge in [0.25, 0.3) is 0 Å². The first kappa shape index (κ1) is 23.0. The first-order chi connectivity index (χ1) is 12.6. The molecule has 1 aliphatic rings. The molecule has 1 aromatic rings. The van der Waals surface area contributed by atoms with E-state index in [9.17, 15) is 0 Å². The Morgan fingerprint density at radius 3 is 2.42 bits per heavy atom. The van der Waals surface area contributed by atoms with E-state index >= 15 is 0 Å². The summed E-state index contributed by atoms with van der Waals surface area (Å²) in [5.74, 6) is 2.73. The van der Waals surface area contributed by atoms with Crippen molar-refractivity contribution in [2.75, 3.05) is 19.7 Å². The minimum absolute atomic E-state index is 0.424. The van der Waals surface area contributed by atoms with Gasteiger partial charge in [-0.05, 0) is 51.1 Å². The van der Waals surface area contributed by atoms with Gasteiger partial charge in [-0.25, -0.2) is 0 Å². The Labute approximate surface area is 163 Å². The summed E-state index contributed by atoms with van der Waals surface area (Å²) in [6.45, 7) is 16.4. The summed E-state index contributed by atoms with van der Waals surface area (Å²) in [6.07, 6.45) is 8.24. The lowest BCUT2D eigenvalue weighted by Crippen LogP contribution is -2.32. The molecule has 1 fully saturated rings. The monoisotopic (exact) mass is 361 g/mol. The molecule has 1 heterocycles. The number of nitrogens with zero attached hydrogens (tertiary/aromatic N) is 1. The third kappa shape index (κ3) is 7.70. The van der Waals surface area contributed by atoms with E-state index in [2.05, 4.69) is 56.9 Å². The molecule has 26 heavy (non-hydrogen) atoms. The van der Waals surface area contributed by atoms with Crippen molar-refractivity contribution < 1.29 is 4.74 Å². The Bertz CT molecular complexity index is 473. The fourth-order valence-corrected chi connectivity index (χ4v) is 3.94. The Balaban J connectivity index is 0.00000163. The number of ether oxygens (including phenoxy) is 1. The number of hydrogen-bond acceptors (Lipinski definition) is 2. The van der Waals surface area contributed by atoms with Gasteiger partial charge in [0.05, 0.1) is 6.61 Å². The molecule has 0 radical (unpaired) electrons. The first-order valence-electron chi connectivity index (χ1n) is 11.1. The van der Waals surface area contributed by atoms with Crippen LogP contribution < -0.4 is 4.74 Å². The molecule has 3 atom stereocenters. The molecule has 150 valence electrons. The Kier molecular flexibility index (Phi) is 11.7. The average Bonchev–Trinajstić information content (AvgIpc) is 2.70. The zero-order valence-electron chi connectivity index (χ0n) is 18.3. The molecule has 0 bridgehead atoms. The molecular weight excluding hydrogens is 318 g/mol. The van der Waals surface area contributed by atoms with Crippen LogP contribution in [0.15, 0.2) is 24.3 Å². The fraction of sp³-hybridized carbons (Fsp3) is 0.750. The molecule has 0 N–H and O–H groups in total. The third-order valence-electron chi connectivity index (χ3n) is 5.56. The predicted octanol–water partition coefficient (Wildman–Crippen LogP) is 7.10. The molecule has 2 nitrogen and oxygen atoms in total. The van der Waals surface area contributed by atoms with Crippen LogP contribution in [0.1, 0.15) is 91.7 Å². The highest BCUT2D eigenvalue weighted by Crippen LogP contribution is 2.31. The van der Waals surface area contributed by atoms with Crippen LogP contribution in [0.2, 0.25) is 0 Å². The zero-order valence-corrected chi connectivity index (χ0v) is 18.3. The van der Waals surface area contributed by atoms with Crippen LogP contribution in [0.3, 0.4) is 0 Å². The van der Waals surface area contributed by atoms with Gasteiger partial charge in [-0.3, -0.25) is 4.90 Å². The van der Waals surface area contributed by atoms with Gasteiger partial charge < -0.3 is 4.74 Å². The minimum atomic E-state index is 0.424. The highest BCUT2D eigenvalue weighted by Gasteiger charge is 2.21. The Morgan fingerprint density at radius 2 is 1.69 bits per heavy atom. The second kappa shape index (κ2) is 13.2. The number of hydrogen-bond donors (Lipinski definition) is 0. The van der Waals surface area contributed by atoms with Crippen LogP contribution in [0.25, 0.3) is 0 Å². The summed E-state index contributed by atoms with van der Waals surface area (Å²) in [7, 11) is 0. The molecule has 0 aromatic heterocycles.